The Morgan fingerprint density at radius 3 is 2.30 bits per heavy atom. The summed E-state index contributed by atoms with van der Waals surface area (Å²) in [7, 11) is 0. The number of aromatic nitrogens is 2. The van der Waals surface area contributed by atoms with Crippen LogP contribution in [0, 0.1) is 5.82 Å². The molecule has 9 heteroatoms. The van der Waals surface area contributed by atoms with Crippen LogP contribution >= 0.6 is 0 Å². The van der Waals surface area contributed by atoms with E-state index in [4.69, 9.17) is 5.11 Å². The highest BCUT2D eigenvalue weighted by atomic mass is 19.4. The monoisotopic (exact) mass is 382 g/mol. The summed E-state index contributed by atoms with van der Waals surface area (Å²) >= 11 is 0. The fraction of sp³-hybridized carbons (Fsp3) is 0.222. The number of hydrogen-bond donors (Lipinski definition) is 2. The normalized spacial score (nSPS) is 14.3. The number of imidazole rings is 1. The average Bonchev–Trinajstić information content (AvgIpc) is 2.98. The molecule has 0 aliphatic rings. The van der Waals surface area contributed by atoms with Crippen molar-refractivity contribution in [3.05, 3.63) is 65.2 Å². The number of hydrogen-bond acceptors (Lipinski definition) is 3. The van der Waals surface area contributed by atoms with Crippen molar-refractivity contribution in [2.45, 2.75) is 25.2 Å². The molecule has 2 aromatic carbocycles. The van der Waals surface area contributed by atoms with Crippen molar-refractivity contribution in [1.82, 2.24) is 9.55 Å². The van der Waals surface area contributed by atoms with E-state index in [0.717, 1.165) is 34.9 Å². The summed E-state index contributed by atoms with van der Waals surface area (Å²) in [6.07, 6.45) is -5.16. The molecule has 0 saturated carbocycles. The number of carbonyl (C=O) groups is 1. The van der Waals surface area contributed by atoms with Crippen molar-refractivity contribution < 1.29 is 32.6 Å². The van der Waals surface area contributed by atoms with E-state index in [1.165, 1.54) is 12.1 Å². The molecule has 2 N–H and O–H groups in total. The molecule has 0 spiro atoms. The van der Waals surface area contributed by atoms with Gasteiger partial charge in [0.1, 0.15) is 5.82 Å². The van der Waals surface area contributed by atoms with E-state index in [0.29, 0.717) is 0 Å². The first-order valence-electron chi connectivity index (χ1n) is 7.88. The van der Waals surface area contributed by atoms with Crippen molar-refractivity contribution in [3.63, 3.8) is 0 Å². The van der Waals surface area contributed by atoms with Gasteiger partial charge in [0, 0.05) is 12.1 Å². The second kappa shape index (κ2) is 6.34. The third-order valence-corrected chi connectivity index (χ3v) is 4.31. The van der Waals surface area contributed by atoms with E-state index in [1.807, 2.05) is 0 Å². The van der Waals surface area contributed by atoms with Gasteiger partial charge in [0.25, 0.3) is 0 Å². The van der Waals surface area contributed by atoms with Crippen LogP contribution < -0.4 is 0 Å². The average molecular weight is 382 g/mol. The number of nitrogens with zero attached hydrogens (tertiary/aromatic N) is 2. The molecule has 3 rings (SSSR count). The maximum Gasteiger partial charge on any atom is 0.428 e. The molecule has 0 radical (unpaired) electrons. The fourth-order valence-corrected chi connectivity index (χ4v) is 2.97. The van der Waals surface area contributed by atoms with Gasteiger partial charge in [0.2, 0.25) is 5.60 Å². The second-order valence-electron chi connectivity index (χ2n) is 5.90. The van der Waals surface area contributed by atoms with Gasteiger partial charge in [0.15, 0.2) is 5.82 Å². The molecule has 5 nitrogen and oxygen atoms in total. The van der Waals surface area contributed by atoms with Crippen LogP contribution in [0.15, 0.2) is 42.5 Å². The van der Waals surface area contributed by atoms with Crippen molar-refractivity contribution in [2.24, 2.45) is 0 Å². The van der Waals surface area contributed by atoms with Gasteiger partial charge in [0.05, 0.1) is 16.6 Å². The number of fused-ring (bicyclic) bond motifs is 1. The van der Waals surface area contributed by atoms with E-state index in [1.54, 1.807) is 6.92 Å². The van der Waals surface area contributed by atoms with Crippen LogP contribution in [0.3, 0.4) is 0 Å². The Balaban J connectivity index is 2.33. The molecule has 3 aromatic rings. The quantitative estimate of drug-likeness (QED) is 0.675. The van der Waals surface area contributed by atoms with E-state index >= 15 is 0 Å². The molecule has 0 aliphatic carbocycles. The molecule has 0 aliphatic heterocycles. The van der Waals surface area contributed by atoms with Gasteiger partial charge in [-0.15, -0.1) is 0 Å². The highest BCUT2D eigenvalue weighted by molar-refractivity contribution is 5.92. The molecular formula is C18H14F4N2O3. The standard InChI is InChI=1S/C18H14F4N2O3/c1-2-24-14-8-3-10(15(25)26)9-13(14)23-16(24)17(27,18(20,21)22)11-4-6-12(19)7-5-11/h3-9,27H,2H2,1H3,(H,25,26). The molecule has 27 heavy (non-hydrogen) atoms. The minimum atomic E-state index is -5.16. The molecule has 1 aromatic heterocycles. The maximum atomic E-state index is 13.9. The predicted molar refractivity (Wildman–Crippen MR) is 87.8 cm³/mol. The number of halogens is 4. The van der Waals surface area contributed by atoms with E-state index in [9.17, 15) is 27.5 Å². The lowest BCUT2D eigenvalue weighted by molar-refractivity contribution is -0.252. The molecule has 1 atom stereocenters. The number of aryl methyl sites for hydroxylation is 1. The van der Waals surface area contributed by atoms with Crippen LogP contribution in [0.2, 0.25) is 0 Å². The SMILES string of the molecule is CCn1c(C(O)(c2ccc(F)cc2)C(F)(F)F)nc2cc(C(=O)O)ccc21. The van der Waals surface area contributed by atoms with Gasteiger partial charge in [-0.2, -0.15) is 13.2 Å². The smallest absolute Gasteiger partial charge is 0.428 e. The second-order valence-corrected chi connectivity index (χ2v) is 5.90. The number of carboxylic acids is 1. The highest BCUT2D eigenvalue weighted by Gasteiger charge is 2.59. The fourth-order valence-electron chi connectivity index (χ4n) is 2.97. The Bertz CT molecular complexity index is 1010. The minimum absolute atomic E-state index is 0.00321. The number of aliphatic hydroxyl groups is 1. The van der Waals surface area contributed by atoms with Crippen molar-refractivity contribution in [1.29, 1.82) is 0 Å². The zero-order chi connectivity index (χ0) is 20.0. The number of benzene rings is 2. The third kappa shape index (κ3) is 2.93. The zero-order valence-electron chi connectivity index (χ0n) is 14.0. The molecule has 1 heterocycles. The van der Waals surface area contributed by atoms with Crippen LogP contribution in [0.25, 0.3) is 11.0 Å². The van der Waals surface area contributed by atoms with E-state index < -0.39 is 35.0 Å². The first-order valence-corrected chi connectivity index (χ1v) is 7.88. The maximum absolute atomic E-state index is 13.9. The number of aromatic carboxylic acids is 1. The molecule has 0 bridgehead atoms. The minimum Gasteiger partial charge on any atom is -0.478 e. The highest BCUT2D eigenvalue weighted by Crippen LogP contribution is 2.44. The molecular weight excluding hydrogens is 368 g/mol. The van der Waals surface area contributed by atoms with Gasteiger partial charge in [-0.3, -0.25) is 0 Å². The lowest BCUT2D eigenvalue weighted by Gasteiger charge is -2.30. The number of rotatable bonds is 4. The first-order chi connectivity index (χ1) is 12.6. The Morgan fingerprint density at radius 1 is 1.15 bits per heavy atom. The lowest BCUT2D eigenvalue weighted by Crippen LogP contribution is -2.45. The van der Waals surface area contributed by atoms with Crippen molar-refractivity contribution >= 4 is 17.0 Å². The molecule has 0 amide bonds. The van der Waals surface area contributed by atoms with Crippen LogP contribution in [0.1, 0.15) is 28.7 Å². The topological polar surface area (TPSA) is 75.3 Å². The van der Waals surface area contributed by atoms with Gasteiger partial charge in [-0.05, 0) is 37.3 Å². The lowest BCUT2D eigenvalue weighted by atomic mass is 9.92. The summed E-state index contributed by atoms with van der Waals surface area (Å²) in [4.78, 5) is 15.0. The van der Waals surface area contributed by atoms with Gasteiger partial charge >= 0.3 is 12.1 Å². The Kier molecular flexibility index (Phi) is 4.43. The zero-order valence-corrected chi connectivity index (χ0v) is 14.0. The Hall–Kier alpha value is -2.94. The Morgan fingerprint density at radius 2 is 1.78 bits per heavy atom. The molecule has 1 unspecified atom stereocenters. The molecule has 0 saturated heterocycles. The molecule has 142 valence electrons. The summed E-state index contributed by atoms with van der Waals surface area (Å²) < 4.78 is 56.1. The van der Waals surface area contributed by atoms with Crippen LogP contribution in [-0.4, -0.2) is 31.9 Å². The number of alkyl halides is 3. The van der Waals surface area contributed by atoms with Crippen LogP contribution in [0.4, 0.5) is 17.6 Å². The van der Waals surface area contributed by atoms with Crippen LogP contribution in [-0.2, 0) is 12.1 Å². The summed E-state index contributed by atoms with van der Waals surface area (Å²) in [6.45, 7) is 1.61. The summed E-state index contributed by atoms with van der Waals surface area (Å²) in [6, 6.07) is 7.01. The van der Waals surface area contributed by atoms with Gasteiger partial charge in [-0.1, -0.05) is 12.1 Å². The predicted octanol–water partition coefficient (Wildman–Crippen LogP) is 3.69. The summed E-state index contributed by atoms with van der Waals surface area (Å²) in [5.41, 5.74) is -4.01. The van der Waals surface area contributed by atoms with Gasteiger partial charge in [-0.25, -0.2) is 14.2 Å². The van der Waals surface area contributed by atoms with Crippen molar-refractivity contribution in [2.75, 3.05) is 0 Å². The van der Waals surface area contributed by atoms with Crippen LogP contribution in [0.5, 0.6) is 0 Å². The van der Waals surface area contributed by atoms with Crippen molar-refractivity contribution in [3.8, 4) is 0 Å². The summed E-state index contributed by atoms with van der Waals surface area (Å²) in [5.74, 6) is -2.73. The largest absolute Gasteiger partial charge is 0.478 e. The van der Waals surface area contributed by atoms with E-state index in [2.05, 4.69) is 4.98 Å². The van der Waals surface area contributed by atoms with Gasteiger partial charge < -0.3 is 14.8 Å². The number of carboxylic acid groups (broad SMARTS) is 1. The first kappa shape index (κ1) is 18.8. The van der Waals surface area contributed by atoms with E-state index in [-0.39, 0.29) is 23.1 Å². The molecule has 0 fully saturated rings. The third-order valence-electron chi connectivity index (χ3n) is 4.31. The Labute approximate surface area is 150 Å². The summed E-state index contributed by atoms with van der Waals surface area (Å²) in [5, 5.41) is 19.8.